The number of Topliss-reactive ketones (excluding diaryl/α,β-unsaturated/α-hetero) is 1. The zero-order chi connectivity index (χ0) is 24.5. The molecule has 2 aromatic heterocycles. The van der Waals surface area contributed by atoms with Gasteiger partial charge in [0.1, 0.15) is 5.82 Å². The van der Waals surface area contributed by atoms with E-state index in [4.69, 9.17) is 0 Å². The number of hydrogen-bond acceptors (Lipinski definition) is 4. The third-order valence-corrected chi connectivity index (χ3v) is 6.45. The molecule has 5 rings (SSSR count). The number of aromatic nitrogens is 4. The van der Waals surface area contributed by atoms with Gasteiger partial charge in [0.05, 0.1) is 17.6 Å². The zero-order valence-electron chi connectivity index (χ0n) is 20.2. The molecule has 0 fully saturated rings. The maximum atomic E-state index is 13.5. The number of ketones is 1. The standard InChI is InChI=1S/C29H28N4O2/c1-19(2)17-21-13-15-22(16-14-21)20(3)27-30-31-28-29(35)32(18-26(34)23-9-5-4-6-10-23)24-11-7-8-12-25(24)33(27)28/h4-16,19-20H,17-18H2,1-3H3/t20-/m1/s1. The van der Waals surface area contributed by atoms with Crippen molar-refractivity contribution >= 4 is 22.5 Å². The monoisotopic (exact) mass is 464 g/mol. The molecule has 0 radical (unpaired) electrons. The fraction of sp³-hybridized carbons (Fsp3) is 0.241. The molecule has 176 valence electrons. The van der Waals surface area contributed by atoms with E-state index >= 15 is 0 Å². The molecule has 6 heteroatoms. The third-order valence-electron chi connectivity index (χ3n) is 6.45. The Morgan fingerprint density at radius 3 is 2.17 bits per heavy atom. The van der Waals surface area contributed by atoms with Gasteiger partial charge in [0.25, 0.3) is 5.56 Å². The van der Waals surface area contributed by atoms with E-state index in [2.05, 4.69) is 55.2 Å². The summed E-state index contributed by atoms with van der Waals surface area (Å²) in [5, 5.41) is 8.73. The van der Waals surface area contributed by atoms with Crippen LogP contribution in [0.15, 0.2) is 83.7 Å². The lowest BCUT2D eigenvalue weighted by atomic mass is 9.96. The summed E-state index contributed by atoms with van der Waals surface area (Å²) in [5.41, 5.74) is 4.35. The van der Waals surface area contributed by atoms with Crippen molar-refractivity contribution < 1.29 is 4.79 Å². The average Bonchev–Trinajstić information content (AvgIpc) is 3.32. The molecule has 0 unspecified atom stereocenters. The fourth-order valence-corrected chi connectivity index (χ4v) is 4.64. The molecule has 0 aliphatic heterocycles. The van der Waals surface area contributed by atoms with Crippen molar-refractivity contribution in [2.75, 3.05) is 0 Å². The lowest BCUT2D eigenvalue weighted by Gasteiger charge is -2.15. The topological polar surface area (TPSA) is 69.3 Å². The van der Waals surface area contributed by atoms with Gasteiger partial charge >= 0.3 is 0 Å². The minimum Gasteiger partial charge on any atom is -0.296 e. The van der Waals surface area contributed by atoms with Crippen molar-refractivity contribution in [1.29, 1.82) is 0 Å². The van der Waals surface area contributed by atoms with E-state index in [-0.39, 0.29) is 29.5 Å². The van der Waals surface area contributed by atoms with Crippen molar-refractivity contribution in [2.24, 2.45) is 5.92 Å². The fourth-order valence-electron chi connectivity index (χ4n) is 4.64. The zero-order valence-corrected chi connectivity index (χ0v) is 20.2. The van der Waals surface area contributed by atoms with Gasteiger partial charge in [-0.1, -0.05) is 87.5 Å². The molecule has 0 amide bonds. The van der Waals surface area contributed by atoms with E-state index in [1.54, 1.807) is 12.1 Å². The van der Waals surface area contributed by atoms with Crippen LogP contribution in [0.2, 0.25) is 0 Å². The van der Waals surface area contributed by atoms with Crippen LogP contribution in [-0.2, 0) is 13.0 Å². The van der Waals surface area contributed by atoms with Crippen molar-refractivity contribution in [2.45, 2.75) is 39.7 Å². The molecule has 6 nitrogen and oxygen atoms in total. The number of carbonyl (C=O) groups excluding carboxylic acids is 1. The van der Waals surface area contributed by atoms with E-state index < -0.39 is 0 Å². The molecule has 1 atom stereocenters. The van der Waals surface area contributed by atoms with Gasteiger partial charge < -0.3 is 0 Å². The Bertz CT molecular complexity index is 1560. The van der Waals surface area contributed by atoms with Crippen LogP contribution in [0, 0.1) is 5.92 Å². The van der Waals surface area contributed by atoms with E-state index in [0.29, 0.717) is 22.8 Å². The summed E-state index contributed by atoms with van der Waals surface area (Å²) in [4.78, 5) is 26.5. The summed E-state index contributed by atoms with van der Waals surface area (Å²) in [6.07, 6.45) is 1.04. The summed E-state index contributed by atoms with van der Waals surface area (Å²) in [6.45, 7) is 6.44. The molecule has 0 N–H and O–H groups in total. The predicted molar refractivity (Wildman–Crippen MR) is 138 cm³/mol. The third kappa shape index (κ3) is 4.28. The first-order chi connectivity index (χ1) is 16.9. The maximum Gasteiger partial charge on any atom is 0.297 e. The van der Waals surface area contributed by atoms with Crippen molar-refractivity contribution in [3.05, 3.63) is 112 Å². The van der Waals surface area contributed by atoms with Gasteiger partial charge in [-0.2, -0.15) is 0 Å². The number of fused-ring (bicyclic) bond motifs is 3. The van der Waals surface area contributed by atoms with Crippen molar-refractivity contribution in [3.63, 3.8) is 0 Å². The number of rotatable bonds is 7. The highest BCUT2D eigenvalue weighted by Crippen LogP contribution is 2.26. The number of hydrogen-bond donors (Lipinski definition) is 0. The SMILES string of the molecule is CC(C)Cc1ccc([C@@H](C)c2nnc3c(=O)n(CC(=O)c4ccccc4)c4ccccc4n23)cc1. The quantitative estimate of drug-likeness (QED) is 0.308. The van der Waals surface area contributed by atoms with Crippen molar-refractivity contribution in [1.82, 2.24) is 19.2 Å². The highest BCUT2D eigenvalue weighted by molar-refractivity contribution is 5.96. The lowest BCUT2D eigenvalue weighted by molar-refractivity contribution is 0.0972. The lowest BCUT2D eigenvalue weighted by Crippen LogP contribution is -2.27. The van der Waals surface area contributed by atoms with Gasteiger partial charge in [-0.05, 0) is 35.6 Å². The number of benzene rings is 3. The Morgan fingerprint density at radius 2 is 1.49 bits per heavy atom. The van der Waals surface area contributed by atoms with Crippen LogP contribution in [-0.4, -0.2) is 24.9 Å². The molecular weight excluding hydrogens is 436 g/mol. The molecule has 5 aromatic rings. The maximum absolute atomic E-state index is 13.5. The first kappa shape index (κ1) is 22.7. The van der Waals surface area contributed by atoms with Crippen LogP contribution in [0.3, 0.4) is 0 Å². The summed E-state index contributed by atoms with van der Waals surface area (Å²) in [5.74, 6) is 1.10. The van der Waals surface area contributed by atoms with Gasteiger partial charge in [0.2, 0.25) is 5.65 Å². The van der Waals surface area contributed by atoms with Crippen LogP contribution in [0.5, 0.6) is 0 Å². The molecule has 2 heterocycles. The van der Waals surface area contributed by atoms with Crippen LogP contribution >= 0.6 is 0 Å². The van der Waals surface area contributed by atoms with Gasteiger partial charge in [-0.3, -0.25) is 18.6 Å². The van der Waals surface area contributed by atoms with E-state index in [1.807, 2.05) is 46.9 Å². The Labute approximate surface area is 203 Å². The first-order valence-electron chi connectivity index (χ1n) is 12.0. The first-order valence-corrected chi connectivity index (χ1v) is 12.0. The smallest absolute Gasteiger partial charge is 0.296 e. The Hall–Kier alpha value is -4.06. The second-order valence-electron chi connectivity index (χ2n) is 9.45. The average molecular weight is 465 g/mol. The molecule has 3 aromatic carbocycles. The predicted octanol–water partition coefficient (Wildman–Crippen LogP) is 5.28. The Balaban J connectivity index is 1.60. The molecule has 0 saturated heterocycles. The van der Waals surface area contributed by atoms with Crippen molar-refractivity contribution in [3.8, 4) is 0 Å². The second-order valence-corrected chi connectivity index (χ2v) is 9.45. The van der Waals surface area contributed by atoms with E-state index in [9.17, 15) is 9.59 Å². The van der Waals surface area contributed by atoms with E-state index in [1.165, 1.54) is 10.1 Å². The van der Waals surface area contributed by atoms with Crippen LogP contribution in [0.4, 0.5) is 0 Å². The highest BCUT2D eigenvalue weighted by atomic mass is 16.1. The minimum absolute atomic E-state index is 0.0606. The van der Waals surface area contributed by atoms with Crippen LogP contribution in [0.1, 0.15) is 54.0 Å². The summed E-state index contributed by atoms with van der Waals surface area (Å²) < 4.78 is 3.34. The summed E-state index contributed by atoms with van der Waals surface area (Å²) in [7, 11) is 0. The van der Waals surface area contributed by atoms with Crippen LogP contribution < -0.4 is 5.56 Å². The van der Waals surface area contributed by atoms with Gasteiger partial charge in [-0.15, -0.1) is 10.2 Å². The summed E-state index contributed by atoms with van der Waals surface area (Å²) >= 11 is 0. The number of nitrogens with zero attached hydrogens (tertiary/aromatic N) is 4. The molecule has 35 heavy (non-hydrogen) atoms. The summed E-state index contributed by atoms with van der Waals surface area (Å²) in [6, 6.07) is 25.2. The number of carbonyl (C=O) groups is 1. The second kappa shape index (κ2) is 9.29. The van der Waals surface area contributed by atoms with E-state index in [0.717, 1.165) is 17.5 Å². The van der Waals surface area contributed by atoms with Crippen LogP contribution in [0.25, 0.3) is 16.7 Å². The Kier molecular flexibility index (Phi) is 6.03. The molecule has 0 aliphatic carbocycles. The molecule has 0 spiro atoms. The van der Waals surface area contributed by atoms with Gasteiger partial charge in [0.15, 0.2) is 5.78 Å². The van der Waals surface area contributed by atoms with Gasteiger partial charge in [0, 0.05) is 11.5 Å². The molecule has 0 aliphatic rings. The highest BCUT2D eigenvalue weighted by Gasteiger charge is 2.22. The normalized spacial score (nSPS) is 12.5. The largest absolute Gasteiger partial charge is 0.297 e. The molecular formula is C29H28N4O2. The molecule has 0 saturated carbocycles. The molecule has 0 bridgehead atoms. The Morgan fingerprint density at radius 1 is 0.829 bits per heavy atom. The minimum atomic E-state index is -0.328. The van der Waals surface area contributed by atoms with Gasteiger partial charge in [-0.25, -0.2) is 0 Å². The number of para-hydroxylation sites is 2.